The lowest BCUT2D eigenvalue weighted by Crippen LogP contribution is -2.22. The number of nitrogens with zero attached hydrogens (tertiary/aromatic N) is 2. The Hall–Kier alpha value is -2.37. The van der Waals surface area contributed by atoms with E-state index in [-0.39, 0.29) is 5.97 Å². The number of carbonyl (C=O) groups excluding carboxylic acids is 1. The molecule has 21 heavy (non-hydrogen) atoms. The average Bonchev–Trinajstić information content (AvgIpc) is 3.16. The molecule has 1 saturated carbocycles. The van der Waals surface area contributed by atoms with Gasteiger partial charge in [-0.05, 0) is 43.5 Å². The van der Waals surface area contributed by atoms with Crippen molar-refractivity contribution in [2.45, 2.75) is 25.2 Å². The molecule has 1 fully saturated rings. The van der Waals surface area contributed by atoms with Crippen LogP contribution in [0.3, 0.4) is 0 Å². The van der Waals surface area contributed by atoms with Crippen LogP contribution >= 0.6 is 0 Å². The van der Waals surface area contributed by atoms with Gasteiger partial charge in [-0.15, -0.1) is 0 Å². The van der Waals surface area contributed by atoms with Crippen LogP contribution in [-0.4, -0.2) is 30.3 Å². The fourth-order valence-corrected chi connectivity index (χ4v) is 2.38. The predicted octanol–water partition coefficient (Wildman–Crippen LogP) is 2.26. The molecule has 3 rings (SSSR count). The normalized spacial score (nSPS) is 15.6. The summed E-state index contributed by atoms with van der Waals surface area (Å²) in [6.07, 6.45) is 1.37. The Bertz CT molecular complexity index is 689. The van der Waals surface area contributed by atoms with Gasteiger partial charge >= 0.3 is 5.97 Å². The van der Waals surface area contributed by atoms with Crippen molar-refractivity contribution in [1.29, 1.82) is 0 Å². The smallest absolute Gasteiger partial charge is 0.321 e. The molecule has 0 aliphatic heterocycles. The van der Waals surface area contributed by atoms with Crippen LogP contribution in [-0.2, 0) is 14.9 Å². The molecule has 0 atom stereocenters. The molecule has 0 saturated heterocycles. The van der Waals surface area contributed by atoms with Crippen LogP contribution in [0.5, 0.6) is 5.75 Å². The van der Waals surface area contributed by atoms with Crippen molar-refractivity contribution in [3.8, 4) is 17.1 Å². The lowest BCUT2D eigenvalue weighted by Gasteiger charge is -2.06. The number of carbonyl (C=O) groups is 1. The predicted molar refractivity (Wildman–Crippen MR) is 74.0 cm³/mol. The highest BCUT2D eigenvalue weighted by Crippen LogP contribution is 2.48. The highest BCUT2D eigenvalue weighted by Gasteiger charge is 2.57. The summed E-state index contributed by atoms with van der Waals surface area (Å²) in [5.74, 6) is 1.28. The number of hydrogen-bond donors (Lipinski definition) is 0. The minimum absolute atomic E-state index is 0.316. The summed E-state index contributed by atoms with van der Waals surface area (Å²) in [6.45, 7) is 1.94. The molecule has 1 aromatic heterocycles. The van der Waals surface area contributed by atoms with Gasteiger partial charge in [0, 0.05) is 5.56 Å². The number of aromatic nitrogens is 2. The first kappa shape index (κ1) is 13.6. The van der Waals surface area contributed by atoms with Crippen LogP contribution in [0.4, 0.5) is 0 Å². The second-order valence-electron chi connectivity index (χ2n) is 5.18. The number of ether oxygens (including phenoxy) is 2. The van der Waals surface area contributed by atoms with Gasteiger partial charge in [0.05, 0.1) is 14.2 Å². The molecular formula is C15H16N2O4. The van der Waals surface area contributed by atoms with Crippen LogP contribution in [0.25, 0.3) is 11.4 Å². The molecule has 110 valence electrons. The lowest BCUT2D eigenvalue weighted by atomic mass is 10.1. The number of aryl methyl sites for hydroxylation is 1. The number of esters is 1. The Morgan fingerprint density at radius 1 is 1.33 bits per heavy atom. The Balaban J connectivity index is 1.92. The third kappa shape index (κ3) is 2.16. The van der Waals surface area contributed by atoms with Gasteiger partial charge < -0.3 is 14.0 Å². The van der Waals surface area contributed by atoms with Gasteiger partial charge in [-0.25, -0.2) is 0 Å². The third-order valence-corrected chi connectivity index (χ3v) is 3.81. The van der Waals surface area contributed by atoms with Crippen molar-refractivity contribution in [2.24, 2.45) is 0 Å². The van der Waals surface area contributed by atoms with E-state index in [2.05, 4.69) is 10.1 Å². The van der Waals surface area contributed by atoms with Crippen LogP contribution in [0.2, 0.25) is 0 Å². The van der Waals surface area contributed by atoms with Gasteiger partial charge in [0.25, 0.3) is 0 Å². The summed E-state index contributed by atoms with van der Waals surface area (Å²) in [5.41, 5.74) is 1.07. The molecule has 0 radical (unpaired) electrons. The largest absolute Gasteiger partial charge is 0.496 e. The second kappa shape index (κ2) is 4.87. The summed E-state index contributed by atoms with van der Waals surface area (Å²) in [7, 11) is 2.99. The molecule has 2 aromatic rings. The van der Waals surface area contributed by atoms with E-state index in [1.807, 2.05) is 25.1 Å². The van der Waals surface area contributed by atoms with Crippen molar-refractivity contribution in [3.63, 3.8) is 0 Å². The number of benzene rings is 1. The maximum Gasteiger partial charge on any atom is 0.321 e. The second-order valence-corrected chi connectivity index (χ2v) is 5.18. The Morgan fingerprint density at radius 2 is 2.10 bits per heavy atom. The Kier molecular flexibility index (Phi) is 3.16. The van der Waals surface area contributed by atoms with E-state index in [4.69, 9.17) is 14.0 Å². The summed E-state index contributed by atoms with van der Waals surface area (Å²) >= 11 is 0. The maximum atomic E-state index is 11.8. The number of hydrogen-bond acceptors (Lipinski definition) is 6. The van der Waals surface area contributed by atoms with Gasteiger partial charge in [0.2, 0.25) is 11.7 Å². The van der Waals surface area contributed by atoms with Crippen LogP contribution in [0.15, 0.2) is 22.7 Å². The molecule has 1 aliphatic rings. The SMILES string of the molecule is COC(=O)C1(c2nc(-c3ccc(OC)c(C)c3)no2)CC1. The van der Waals surface area contributed by atoms with Crippen LogP contribution < -0.4 is 4.74 Å². The zero-order valence-electron chi connectivity index (χ0n) is 12.2. The van der Waals surface area contributed by atoms with Gasteiger partial charge in [0.1, 0.15) is 11.2 Å². The van der Waals surface area contributed by atoms with Crippen molar-refractivity contribution < 1.29 is 18.8 Å². The fourth-order valence-electron chi connectivity index (χ4n) is 2.38. The van der Waals surface area contributed by atoms with E-state index < -0.39 is 5.41 Å². The zero-order chi connectivity index (χ0) is 15.0. The van der Waals surface area contributed by atoms with E-state index in [0.717, 1.165) is 16.9 Å². The highest BCUT2D eigenvalue weighted by atomic mass is 16.5. The first-order valence-corrected chi connectivity index (χ1v) is 6.68. The molecule has 1 aliphatic carbocycles. The monoisotopic (exact) mass is 288 g/mol. The molecule has 6 heteroatoms. The molecule has 0 bridgehead atoms. The molecule has 1 aromatic carbocycles. The Labute approximate surface area is 122 Å². The molecule has 0 amide bonds. The van der Waals surface area contributed by atoms with Gasteiger partial charge in [-0.1, -0.05) is 5.16 Å². The van der Waals surface area contributed by atoms with E-state index in [1.165, 1.54) is 7.11 Å². The van der Waals surface area contributed by atoms with E-state index >= 15 is 0 Å². The lowest BCUT2D eigenvalue weighted by molar-refractivity contribution is -0.144. The first-order chi connectivity index (χ1) is 10.1. The first-order valence-electron chi connectivity index (χ1n) is 6.68. The van der Waals surface area contributed by atoms with E-state index in [0.29, 0.717) is 24.6 Å². The van der Waals surface area contributed by atoms with Crippen molar-refractivity contribution in [2.75, 3.05) is 14.2 Å². The zero-order valence-corrected chi connectivity index (χ0v) is 12.2. The van der Waals surface area contributed by atoms with E-state index in [1.54, 1.807) is 7.11 Å². The highest BCUT2D eigenvalue weighted by molar-refractivity contribution is 5.85. The van der Waals surface area contributed by atoms with Crippen molar-refractivity contribution in [3.05, 3.63) is 29.7 Å². The number of rotatable bonds is 4. The molecule has 0 spiro atoms. The molecule has 1 heterocycles. The number of methoxy groups -OCH3 is 2. The molecule has 6 nitrogen and oxygen atoms in total. The molecular weight excluding hydrogens is 272 g/mol. The minimum atomic E-state index is -0.735. The van der Waals surface area contributed by atoms with Crippen molar-refractivity contribution >= 4 is 5.97 Å². The van der Waals surface area contributed by atoms with Crippen molar-refractivity contribution in [1.82, 2.24) is 10.1 Å². The van der Waals surface area contributed by atoms with Gasteiger partial charge in [-0.2, -0.15) is 4.98 Å². The molecule has 0 unspecified atom stereocenters. The van der Waals surface area contributed by atoms with Crippen LogP contribution in [0.1, 0.15) is 24.3 Å². The van der Waals surface area contributed by atoms with Crippen LogP contribution in [0, 0.1) is 6.92 Å². The summed E-state index contributed by atoms with van der Waals surface area (Å²) in [5, 5.41) is 3.97. The maximum absolute atomic E-state index is 11.8. The standard InChI is InChI=1S/C15H16N2O4/c1-9-8-10(4-5-11(9)19-2)12-16-13(21-17-12)15(6-7-15)14(18)20-3/h4-5,8H,6-7H2,1-3H3. The third-order valence-electron chi connectivity index (χ3n) is 3.81. The van der Waals surface area contributed by atoms with Gasteiger partial charge in [0.15, 0.2) is 0 Å². The summed E-state index contributed by atoms with van der Waals surface area (Å²) in [4.78, 5) is 16.2. The minimum Gasteiger partial charge on any atom is -0.496 e. The quantitative estimate of drug-likeness (QED) is 0.803. The summed E-state index contributed by atoms with van der Waals surface area (Å²) < 4.78 is 15.3. The summed E-state index contributed by atoms with van der Waals surface area (Å²) in [6, 6.07) is 5.64. The topological polar surface area (TPSA) is 74.5 Å². The fraction of sp³-hybridized carbons (Fsp3) is 0.400. The van der Waals surface area contributed by atoms with Gasteiger partial charge in [-0.3, -0.25) is 4.79 Å². The molecule has 0 N–H and O–H groups in total. The van der Waals surface area contributed by atoms with E-state index in [9.17, 15) is 4.79 Å². The Morgan fingerprint density at radius 3 is 2.67 bits per heavy atom. The average molecular weight is 288 g/mol.